The predicted octanol–water partition coefficient (Wildman–Crippen LogP) is 1.45. The molecule has 3 heteroatoms. The standard InChI is InChI=1S/C13H15NO2/c1-16-13(15)10-14(11-6-2-3-7-11)12-8-4-5-9-12/h2-9,11-12H,10H2,1H3. The Hall–Kier alpha value is -1.61. The van der Waals surface area contributed by atoms with E-state index in [0.717, 1.165) is 0 Å². The molecule has 16 heavy (non-hydrogen) atoms. The molecule has 2 rings (SSSR count). The first kappa shape index (κ1) is 10.9. The van der Waals surface area contributed by atoms with Crippen LogP contribution in [0.15, 0.2) is 48.6 Å². The van der Waals surface area contributed by atoms with E-state index in [1.165, 1.54) is 7.11 Å². The Morgan fingerprint density at radius 2 is 1.50 bits per heavy atom. The van der Waals surface area contributed by atoms with Crippen LogP contribution in [0.4, 0.5) is 0 Å². The maximum Gasteiger partial charge on any atom is 0.319 e. The third kappa shape index (κ3) is 2.31. The van der Waals surface area contributed by atoms with Crippen molar-refractivity contribution in [3.63, 3.8) is 0 Å². The average Bonchev–Trinajstić information content (AvgIpc) is 2.97. The van der Waals surface area contributed by atoms with Crippen LogP contribution in [0.1, 0.15) is 0 Å². The molecule has 0 aromatic rings. The van der Waals surface area contributed by atoms with Crippen LogP contribution in [0.25, 0.3) is 0 Å². The summed E-state index contributed by atoms with van der Waals surface area (Å²) in [6.07, 6.45) is 16.3. The van der Waals surface area contributed by atoms with E-state index in [-0.39, 0.29) is 18.1 Å². The molecule has 2 aliphatic rings. The second-order valence-electron chi connectivity index (χ2n) is 3.77. The topological polar surface area (TPSA) is 29.5 Å². The molecule has 2 aliphatic carbocycles. The molecule has 0 saturated heterocycles. The molecule has 0 spiro atoms. The average molecular weight is 217 g/mol. The number of nitrogens with zero attached hydrogens (tertiary/aromatic N) is 1. The Kier molecular flexibility index (Phi) is 3.37. The summed E-state index contributed by atoms with van der Waals surface area (Å²) in [5, 5.41) is 0. The highest BCUT2D eigenvalue weighted by Gasteiger charge is 2.24. The van der Waals surface area contributed by atoms with E-state index in [2.05, 4.69) is 29.2 Å². The van der Waals surface area contributed by atoms with Gasteiger partial charge in [-0.2, -0.15) is 0 Å². The smallest absolute Gasteiger partial charge is 0.319 e. The lowest BCUT2D eigenvalue weighted by molar-refractivity contribution is -0.142. The summed E-state index contributed by atoms with van der Waals surface area (Å²) in [4.78, 5) is 13.5. The highest BCUT2D eigenvalue weighted by atomic mass is 16.5. The number of esters is 1. The molecule has 0 atom stereocenters. The van der Waals surface area contributed by atoms with Gasteiger partial charge >= 0.3 is 5.97 Å². The molecular weight excluding hydrogens is 202 g/mol. The van der Waals surface area contributed by atoms with Crippen molar-refractivity contribution in [2.45, 2.75) is 12.1 Å². The van der Waals surface area contributed by atoms with Gasteiger partial charge in [0.25, 0.3) is 0 Å². The van der Waals surface area contributed by atoms with Gasteiger partial charge in [-0.3, -0.25) is 9.69 Å². The van der Waals surface area contributed by atoms with Crippen molar-refractivity contribution in [3.05, 3.63) is 48.6 Å². The van der Waals surface area contributed by atoms with Crippen LogP contribution in [0, 0.1) is 0 Å². The van der Waals surface area contributed by atoms with Crippen molar-refractivity contribution in [3.8, 4) is 0 Å². The number of hydrogen-bond donors (Lipinski definition) is 0. The first-order chi connectivity index (χ1) is 7.81. The van der Waals surface area contributed by atoms with E-state index in [1.54, 1.807) is 0 Å². The van der Waals surface area contributed by atoms with Crippen LogP contribution in [0.2, 0.25) is 0 Å². The minimum Gasteiger partial charge on any atom is -0.468 e. The quantitative estimate of drug-likeness (QED) is 0.667. The summed E-state index contributed by atoms with van der Waals surface area (Å²) in [5.41, 5.74) is 0. The third-order valence-electron chi connectivity index (χ3n) is 2.76. The minimum absolute atomic E-state index is 0.177. The molecule has 0 amide bonds. The van der Waals surface area contributed by atoms with Crippen LogP contribution in [-0.4, -0.2) is 36.6 Å². The molecule has 84 valence electrons. The van der Waals surface area contributed by atoms with Gasteiger partial charge in [-0.1, -0.05) is 48.6 Å². The molecule has 0 aliphatic heterocycles. The maximum absolute atomic E-state index is 11.4. The summed E-state index contributed by atoms with van der Waals surface area (Å²) in [6, 6.07) is 0.355. The van der Waals surface area contributed by atoms with Crippen molar-refractivity contribution < 1.29 is 9.53 Å². The Balaban J connectivity index is 2.09. The number of ether oxygens (including phenoxy) is 1. The first-order valence-electron chi connectivity index (χ1n) is 5.34. The fourth-order valence-corrected chi connectivity index (χ4v) is 1.91. The molecule has 0 aromatic heterocycles. The highest BCUT2D eigenvalue weighted by Crippen LogP contribution is 2.17. The second kappa shape index (κ2) is 4.94. The van der Waals surface area contributed by atoms with Crippen molar-refractivity contribution in [2.75, 3.05) is 13.7 Å². The van der Waals surface area contributed by atoms with Crippen molar-refractivity contribution in [1.82, 2.24) is 4.90 Å². The van der Waals surface area contributed by atoms with Gasteiger partial charge in [0, 0.05) is 12.1 Å². The first-order valence-corrected chi connectivity index (χ1v) is 5.34. The van der Waals surface area contributed by atoms with E-state index in [4.69, 9.17) is 4.74 Å². The molecule has 0 bridgehead atoms. The lowest BCUT2D eigenvalue weighted by atomic mass is 10.2. The summed E-state index contributed by atoms with van der Waals surface area (Å²) < 4.78 is 4.72. The molecule has 0 N–H and O–H groups in total. The van der Waals surface area contributed by atoms with Crippen LogP contribution in [0.3, 0.4) is 0 Å². The fraction of sp³-hybridized carbons (Fsp3) is 0.308. The van der Waals surface area contributed by atoms with Gasteiger partial charge in [0.15, 0.2) is 0 Å². The maximum atomic E-state index is 11.4. The zero-order valence-corrected chi connectivity index (χ0v) is 9.24. The van der Waals surface area contributed by atoms with Crippen LogP contribution in [-0.2, 0) is 9.53 Å². The number of allylic oxidation sites excluding steroid dienone is 4. The third-order valence-corrected chi connectivity index (χ3v) is 2.76. The Bertz CT molecular complexity index is 327. The number of hydrogen-bond acceptors (Lipinski definition) is 3. The predicted molar refractivity (Wildman–Crippen MR) is 62.9 cm³/mol. The van der Waals surface area contributed by atoms with E-state index < -0.39 is 0 Å². The van der Waals surface area contributed by atoms with Gasteiger partial charge < -0.3 is 4.74 Å². The fourth-order valence-electron chi connectivity index (χ4n) is 1.91. The second-order valence-corrected chi connectivity index (χ2v) is 3.77. The molecule has 0 saturated carbocycles. The van der Waals surface area contributed by atoms with Gasteiger partial charge in [0.1, 0.15) is 0 Å². The lowest BCUT2D eigenvalue weighted by Crippen LogP contribution is -2.42. The normalized spacial score (nSPS) is 19.1. The Morgan fingerprint density at radius 1 is 1.06 bits per heavy atom. The molecule has 0 unspecified atom stereocenters. The Labute approximate surface area is 95.4 Å². The molecular formula is C13H15NO2. The van der Waals surface area contributed by atoms with Crippen LogP contribution < -0.4 is 0 Å². The van der Waals surface area contributed by atoms with E-state index >= 15 is 0 Å². The van der Waals surface area contributed by atoms with Gasteiger partial charge in [0.2, 0.25) is 0 Å². The number of rotatable bonds is 4. The number of carbonyl (C=O) groups excluding carboxylic acids is 1. The molecule has 0 fully saturated rings. The van der Waals surface area contributed by atoms with E-state index in [0.29, 0.717) is 6.54 Å². The molecule has 0 heterocycles. The van der Waals surface area contributed by atoms with Crippen molar-refractivity contribution >= 4 is 5.97 Å². The zero-order valence-electron chi connectivity index (χ0n) is 9.24. The SMILES string of the molecule is COC(=O)CN(C1C=CC=C1)C1C=CC=C1. The molecule has 0 aromatic carbocycles. The van der Waals surface area contributed by atoms with Gasteiger partial charge in [0.05, 0.1) is 13.7 Å². The Morgan fingerprint density at radius 3 is 1.88 bits per heavy atom. The summed E-state index contributed by atoms with van der Waals surface area (Å²) in [6.45, 7) is 0.301. The van der Waals surface area contributed by atoms with Gasteiger partial charge in [-0.25, -0.2) is 0 Å². The monoisotopic (exact) mass is 217 g/mol. The van der Waals surface area contributed by atoms with Crippen LogP contribution >= 0.6 is 0 Å². The van der Waals surface area contributed by atoms with Crippen molar-refractivity contribution in [2.24, 2.45) is 0 Å². The van der Waals surface area contributed by atoms with Crippen LogP contribution in [0.5, 0.6) is 0 Å². The van der Waals surface area contributed by atoms with Gasteiger partial charge in [-0.15, -0.1) is 0 Å². The lowest BCUT2D eigenvalue weighted by Gasteiger charge is -2.29. The van der Waals surface area contributed by atoms with Crippen molar-refractivity contribution in [1.29, 1.82) is 0 Å². The summed E-state index contributed by atoms with van der Waals surface area (Å²) in [5.74, 6) is -0.206. The largest absolute Gasteiger partial charge is 0.468 e. The summed E-state index contributed by atoms with van der Waals surface area (Å²) >= 11 is 0. The zero-order chi connectivity index (χ0) is 11.4. The van der Waals surface area contributed by atoms with E-state index in [1.807, 2.05) is 24.3 Å². The minimum atomic E-state index is -0.206. The highest BCUT2D eigenvalue weighted by molar-refractivity contribution is 5.71. The summed E-state index contributed by atoms with van der Waals surface area (Å²) in [7, 11) is 1.42. The number of methoxy groups -OCH3 is 1. The van der Waals surface area contributed by atoms with Gasteiger partial charge in [-0.05, 0) is 0 Å². The molecule has 3 nitrogen and oxygen atoms in total. The molecule has 0 radical (unpaired) electrons. The number of carbonyl (C=O) groups is 1. The van der Waals surface area contributed by atoms with E-state index in [9.17, 15) is 4.79 Å².